The molecule has 1 heteroatoms. The van der Waals surface area contributed by atoms with Gasteiger partial charge in [0.05, 0.1) is 5.41 Å². The predicted molar refractivity (Wildman–Crippen MR) is 54.2 cm³/mol. The fourth-order valence-corrected chi connectivity index (χ4v) is 2.25. The Kier molecular flexibility index (Phi) is 2.52. The van der Waals surface area contributed by atoms with Crippen molar-refractivity contribution in [2.75, 3.05) is 0 Å². The van der Waals surface area contributed by atoms with E-state index in [1.165, 1.54) is 0 Å². The topological polar surface area (TPSA) is 17.1 Å². The van der Waals surface area contributed by atoms with Gasteiger partial charge in [0.25, 0.3) is 0 Å². The summed E-state index contributed by atoms with van der Waals surface area (Å²) in [5.74, 6) is 6.26. The maximum absolute atomic E-state index is 12.1. The monoisotopic (exact) mass is 178 g/mol. The average molecular weight is 178 g/mol. The highest BCUT2D eigenvalue weighted by atomic mass is 16.1. The van der Waals surface area contributed by atoms with Gasteiger partial charge in [-0.2, -0.15) is 0 Å². The standard InChI is InChI=1S/C12H18O/c1-5-7-12(4)9-6-8-11(2,3)10(12)13/h6,8-9H2,1-4H3. The van der Waals surface area contributed by atoms with Crippen molar-refractivity contribution < 1.29 is 4.79 Å². The van der Waals surface area contributed by atoms with Crippen molar-refractivity contribution in [2.24, 2.45) is 10.8 Å². The van der Waals surface area contributed by atoms with E-state index in [9.17, 15) is 4.79 Å². The fourth-order valence-electron chi connectivity index (χ4n) is 2.25. The SMILES string of the molecule is CC#CC1(C)CCCC(C)(C)C1=O. The van der Waals surface area contributed by atoms with Crippen LogP contribution in [0.15, 0.2) is 0 Å². The van der Waals surface area contributed by atoms with E-state index in [1.807, 2.05) is 20.8 Å². The Morgan fingerprint density at radius 3 is 2.38 bits per heavy atom. The molecule has 0 N–H and O–H groups in total. The van der Waals surface area contributed by atoms with Gasteiger partial charge in [0.2, 0.25) is 0 Å². The van der Waals surface area contributed by atoms with Gasteiger partial charge in [-0.25, -0.2) is 0 Å². The lowest BCUT2D eigenvalue weighted by Gasteiger charge is -2.37. The molecule has 1 aliphatic rings. The second-order valence-electron chi connectivity index (χ2n) is 4.77. The predicted octanol–water partition coefficient (Wildman–Crippen LogP) is 2.80. The van der Waals surface area contributed by atoms with E-state index >= 15 is 0 Å². The second kappa shape index (κ2) is 3.18. The van der Waals surface area contributed by atoms with Crippen molar-refractivity contribution in [3.8, 4) is 11.8 Å². The summed E-state index contributed by atoms with van der Waals surface area (Å²) in [5, 5.41) is 0. The molecule has 0 spiro atoms. The number of Topliss-reactive ketones (excluding diaryl/α,β-unsaturated/α-hetero) is 1. The summed E-state index contributed by atoms with van der Waals surface area (Å²) in [6, 6.07) is 0. The van der Waals surface area contributed by atoms with Crippen molar-refractivity contribution in [3.63, 3.8) is 0 Å². The normalized spacial score (nSPS) is 32.2. The fraction of sp³-hybridized carbons (Fsp3) is 0.750. The summed E-state index contributed by atoms with van der Waals surface area (Å²) in [4.78, 5) is 12.1. The molecule has 0 saturated heterocycles. The van der Waals surface area contributed by atoms with E-state index in [1.54, 1.807) is 6.92 Å². The van der Waals surface area contributed by atoms with E-state index in [0.29, 0.717) is 5.78 Å². The minimum atomic E-state index is -0.378. The first-order chi connectivity index (χ1) is 5.92. The number of rotatable bonds is 0. The Labute approximate surface area is 80.9 Å². The number of hydrogen-bond acceptors (Lipinski definition) is 1. The van der Waals surface area contributed by atoms with Crippen LogP contribution in [0.25, 0.3) is 0 Å². The molecule has 1 nitrogen and oxygen atoms in total. The quantitative estimate of drug-likeness (QED) is 0.521. The molecule has 1 atom stereocenters. The van der Waals surface area contributed by atoms with Gasteiger partial charge in [-0.1, -0.05) is 26.2 Å². The molecule has 0 heterocycles. The molecule has 72 valence electrons. The van der Waals surface area contributed by atoms with E-state index in [-0.39, 0.29) is 10.8 Å². The van der Waals surface area contributed by atoms with Crippen LogP contribution in [0.1, 0.15) is 47.0 Å². The Hall–Kier alpha value is -0.770. The van der Waals surface area contributed by atoms with Gasteiger partial charge in [0.15, 0.2) is 5.78 Å². The van der Waals surface area contributed by atoms with E-state index < -0.39 is 0 Å². The summed E-state index contributed by atoms with van der Waals surface area (Å²) < 4.78 is 0. The van der Waals surface area contributed by atoms with Crippen LogP contribution in [0.2, 0.25) is 0 Å². The van der Waals surface area contributed by atoms with Crippen molar-refractivity contribution >= 4 is 5.78 Å². The molecule has 0 radical (unpaired) electrons. The zero-order valence-corrected chi connectivity index (χ0v) is 9.03. The van der Waals surface area contributed by atoms with Crippen LogP contribution in [0.3, 0.4) is 0 Å². The highest BCUT2D eigenvalue weighted by Crippen LogP contribution is 2.42. The lowest BCUT2D eigenvalue weighted by atomic mass is 9.63. The Balaban J connectivity index is 2.99. The second-order valence-corrected chi connectivity index (χ2v) is 4.77. The van der Waals surface area contributed by atoms with Crippen LogP contribution < -0.4 is 0 Å². The molecule has 0 aromatic carbocycles. The smallest absolute Gasteiger partial charge is 0.156 e. The van der Waals surface area contributed by atoms with Crippen molar-refractivity contribution in [2.45, 2.75) is 47.0 Å². The molecule has 0 bridgehead atoms. The van der Waals surface area contributed by atoms with Gasteiger partial charge in [-0.3, -0.25) is 4.79 Å². The number of hydrogen-bond donors (Lipinski definition) is 0. The molecular formula is C12H18O. The maximum Gasteiger partial charge on any atom is 0.156 e. The van der Waals surface area contributed by atoms with Crippen LogP contribution in [0.5, 0.6) is 0 Å². The van der Waals surface area contributed by atoms with Crippen LogP contribution in [0.4, 0.5) is 0 Å². The van der Waals surface area contributed by atoms with E-state index in [4.69, 9.17) is 0 Å². The minimum Gasteiger partial charge on any atom is -0.297 e. The molecule has 1 saturated carbocycles. The van der Waals surface area contributed by atoms with Gasteiger partial charge >= 0.3 is 0 Å². The number of carbonyl (C=O) groups excluding carboxylic acids is 1. The lowest BCUT2D eigenvalue weighted by Crippen LogP contribution is -2.41. The first-order valence-corrected chi connectivity index (χ1v) is 4.91. The summed E-state index contributed by atoms with van der Waals surface area (Å²) in [5.41, 5.74) is -0.548. The molecule has 1 rings (SSSR count). The third kappa shape index (κ3) is 1.77. The van der Waals surface area contributed by atoms with Gasteiger partial charge in [-0.15, -0.1) is 5.92 Å². The van der Waals surface area contributed by atoms with Crippen LogP contribution in [0, 0.1) is 22.7 Å². The van der Waals surface area contributed by atoms with Gasteiger partial charge in [0.1, 0.15) is 0 Å². The molecule has 13 heavy (non-hydrogen) atoms. The first-order valence-electron chi connectivity index (χ1n) is 4.91. The lowest BCUT2D eigenvalue weighted by molar-refractivity contribution is -0.137. The number of ketones is 1. The van der Waals surface area contributed by atoms with Crippen LogP contribution in [-0.2, 0) is 4.79 Å². The number of carbonyl (C=O) groups is 1. The maximum atomic E-state index is 12.1. The Morgan fingerprint density at radius 1 is 1.23 bits per heavy atom. The molecule has 1 fully saturated rings. The highest BCUT2D eigenvalue weighted by Gasteiger charge is 2.44. The summed E-state index contributed by atoms with van der Waals surface area (Å²) in [7, 11) is 0. The zero-order valence-electron chi connectivity index (χ0n) is 9.03. The highest BCUT2D eigenvalue weighted by molar-refractivity contribution is 5.92. The Morgan fingerprint density at radius 2 is 1.85 bits per heavy atom. The van der Waals surface area contributed by atoms with Crippen LogP contribution in [-0.4, -0.2) is 5.78 Å². The zero-order chi connectivity index (χ0) is 10.1. The molecule has 0 aromatic rings. The van der Waals surface area contributed by atoms with Crippen LogP contribution >= 0.6 is 0 Å². The summed E-state index contributed by atoms with van der Waals surface area (Å²) in [6.45, 7) is 7.85. The molecule has 0 amide bonds. The Bertz CT molecular complexity index is 277. The largest absolute Gasteiger partial charge is 0.297 e. The molecule has 1 aliphatic carbocycles. The first kappa shape index (κ1) is 10.3. The van der Waals surface area contributed by atoms with E-state index in [0.717, 1.165) is 19.3 Å². The molecule has 0 aromatic heterocycles. The minimum absolute atomic E-state index is 0.170. The van der Waals surface area contributed by atoms with Gasteiger partial charge in [0, 0.05) is 5.41 Å². The van der Waals surface area contributed by atoms with Crippen molar-refractivity contribution in [3.05, 3.63) is 0 Å². The molecule has 0 aliphatic heterocycles. The third-order valence-electron chi connectivity index (χ3n) is 3.00. The van der Waals surface area contributed by atoms with Crippen molar-refractivity contribution in [1.29, 1.82) is 0 Å². The molecular weight excluding hydrogens is 160 g/mol. The van der Waals surface area contributed by atoms with Gasteiger partial charge in [-0.05, 0) is 26.7 Å². The molecule has 1 unspecified atom stereocenters. The van der Waals surface area contributed by atoms with Crippen molar-refractivity contribution in [1.82, 2.24) is 0 Å². The van der Waals surface area contributed by atoms with Gasteiger partial charge < -0.3 is 0 Å². The average Bonchev–Trinajstić information content (AvgIpc) is 2.01. The van der Waals surface area contributed by atoms with E-state index in [2.05, 4.69) is 11.8 Å². The third-order valence-corrected chi connectivity index (χ3v) is 3.00. The summed E-state index contributed by atoms with van der Waals surface area (Å²) >= 11 is 0. The summed E-state index contributed by atoms with van der Waals surface area (Å²) in [6.07, 6.45) is 3.05.